The number of carboxylic acid groups (broad SMARTS) is 1. The summed E-state index contributed by atoms with van der Waals surface area (Å²) < 4.78 is 6.55. The Hall–Kier alpha value is -2.41. The number of carboxylic acids is 1. The van der Waals surface area contributed by atoms with Crippen molar-refractivity contribution in [3.8, 4) is 11.3 Å². The molecule has 3 aromatic heterocycles. The number of aliphatic carboxylic acids is 1. The molecule has 0 unspecified atom stereocenters. The monoisotopic (exact) mass is 304 g/mol. The number of rotatable bonds is 4. The van der Waals surface area contributed by atoms with Crippen LogP contribution >= 0.6 is 11.3 Å². The van der Waals surface area contributed by atoms with E-state index in [9.17, 15) is 9.59 Å². The molecule has 21 heavy (non-hydrogen) atoms. The maximum Gasteiger partial charge on any atom is 0.323 e. The number of furan rings is 1. The van der Waals surface area contributed by atoms with Crippen molar-refractivity contribution in [2.24, 2.45) is 0 Å². The predicted molar refractivity (Wildman–Crippen MR) is 78.6 cm³/mol. The zero-order chi connectivity index (χ0) is 15.0. The van der Waals surface area contributed by atoms with Gasteiger partial charge < -0.3 is 9.52 Å². The number of fused-ring (bicyclic) bond motifs is 1. The molecule has 0 fully saturated rings. The standard InChI is InChI=1S/C14H12N2O4S/c1-2-10-15-13-12(14(19)16(10)6-11(17)18)8(7-21-13)9-4-3-5-20-9/h3-5,7H,2,6H2,1H3,(H,17,18). The Morgan fingerprint density at radius 2 is 2.33 bits per heavy atom. The molecule has 0 aromatic carbocycles. The second-order valence-electron chi connectivity index (χ2n) is 4.47. The zero-order valence-corrected chi connectivity index (χ0v) is 12.0. The molecule has 0 aliphatic rings. The van der Waals surface area contributed by atoms with Crippen LogP contribution in [-0.2, 0) is 17.8 Å². The second-order valence-corrected chi connectivity index (χ2v) is 5.33. The number of aromatic nitrogens is 2. The van der Waals surface area contributed by atoms with Gasteiger partial charge in [0.2, 0.25) is 0 Å². The first-order chi connectivity index (χ1) is 10.1. The molecule has 0 aliphatic heterocycles. The molecule has 3 aromatic rings. The van der Waals surface area contributed by atoms with Gasteiger partial charge in [-0.25, -0.2) is 4.98 Å². The SMILES string of the molecule is CCc1nc2scc(-c3ccco3)c2c(=O)n1CC(=O)O. The molecule has 0 saturated heterocycles. The van der Waals surface area contributed by atoms with Crippen LogP contribution in [0.5, 0.6) is 0 Å². The van der Waals surface area contributed by atoms with Crippen molar-refractivity contribution in [2.45, 2.75) is 19.9 Å². The Morgan fingerprint density at radius 3 is 2.95 bits per heavy atom. The van der Waals surface area contributed by atoms with Crippen LogP contribution in [0.25, 0.3) is 21.5 Å². The van der Waals surface area contributed by atoms with Crippen LogP contribution in [0.15, 0.2) is 33.0 Å². The largest absolute Gasteiger partial charge is 0.480 e. The van der Waals surface area contributed by atoms with Crippen molar-refractivity contribution >= 4 is 27.5 Å². The first-order valence-electron chi connectivity index (χ1n) is 6.38. The van der Waals surface area contributed by atoms with Gasteiger partial charge >= 0.3 is 5.97 Å². The minimum absolute atomic E-state index is 0.341. The average molecular weight is 304 g/mol. The van der Waals surface area contributed by atoms with Gasteiger partial charge in [0.05, 0.1) is 11.6 Å². The first kappa shape index (κ1) is 13.6. The van der Waals surface area contributed by atoms with Crippen LogP contribution in [-0.4, -0.2) is 20.6 Å². The topological polar surface area (TPSA) is 85.3 Å². The summed E-state index contributed by atoms with van der Waals surface area (Å²) in [5, 5.41) is 11.2. The van der Waals surface area contributed by atoms with E-state index in [2.05, 4.69) is 4.98 Å². The highest BCUT2D eigenvalue weighted by atomic mass is 32.1. The highest BCUT2D eigenvalue weighted by Crippen LogP contribution is 2.31. The Kier molecular flexibility index (Phi) is 3.34. The van der Waals surface area contributed by atoms with Gasteiger partial charge in [-0.3, -0.25) is 14.2 Å². The van der Waals surface area contributed by atoms with E-state index in [1.54, 1.807) is 12.1 Å². The summed E-state index contributed by atoms with van der Waals surface area (Å²) in [5.74, 6) is -0.0169. The lowest BCUT2D eigenvalue weighted by atomic mass is 10.2. The summed E-state index contributed by atoms with van der Waals surface area (Å²) >= 11 is 1.35. The third-order valence-electron chi connectivity index (χ3n) is 3.17. The fourth-order valence-corrected chi connectivity index (χ4v) is 3.18. The van der Waals surface area contributed by atoms with E-state index in [4.69, 9.17) is 9.52 Å². The maximum absolute atomic E-state index is 12.6. The van der Waals surface area contributed by atoms with Gasteiger partial charge in [-0.05, 0) is 12.1 Å². The van der Waals surface area contributed by atoms with Gasteiger partial charge in [-0.15, -0.1) is 11.3 Å². The van der Waals surface area contributed by atoms with E-state index in [0.717, 1.165) is 0 Å². The number of aryl methyl sites for hydroxylation is 1. The van der Waals surface area contributed by atoms with Crippen molar-refractivity contribution in [2.75, 3.05) is 0 Å². The maximum atomic E-state index is 12.6. The van der Waals surface area contributed by atoms with Gasteiger partial charge in [0, 0.05) is 17.4 Å². The minimum atomic E-state index is -1.07. The summed E-state index contributed by atoms with van der Waals surface area (Å²) in [4.78, 5) is 28.6. The molecule has 3 rings (SSSR count). The Labute approximate surface area is 123 Å². The normalized spacial score (nSPS) is 11.1. The molecule has 0 atom stereocenters. The van der Waals surface area contributed by atoms with Crippen molar-refractivity contribution in [1.29, 1.82) is 0 Å². The summed E-state index contributed by atoms with van der Waals surface area (Å²) in [6, 6.07) is 3.50. The van der Waals surface area contributed by atoms with E-state index < -0.39 is 12.5 Å². The molecule has 0 spiro atoms. The molecule has 1 N–H and O–H groups in total. The van der Waals surface area contributed by atoms with Crippen LogP contribution in [0.1, 0.15) is 12.7 Å². The lowest BCUT2D eigenvalue weighted by Gasteiger charge is -2.08. The van der Waals surface area contributed by atoms with Crippen LogP contribution in [0.4, 0.5) is 0 Å². The second kappa shape index (κ2) is 5.17. The Bertz CT molecular complexity index is 861. The number of nitrogens with zero attached hydrogens (tertiary/aromatic N) is 2. The fraction of sp³-hybridized carbons (Fsp3) is 0.214. The highest BCUT2D eigenvalue weighted by molar-refractivity contribution is 7.17. The van der Waals surface area contributed by atoms with Crippen molar-refractivity contribution in [1.82, 2.24) is 9.55 Å². The summed E-state index contributed by atoms with van der Waals surface area (Å²) in [5.41, 5.74) is 0.311. The smallest absolute Gasteiger partial charge is 0.323 e. The minimum Gasteiger partial charge on any atom is -0.480 e. The van der Waals surface area contributed by atoms with Gasteiger partial charge in [-0.2, -0.15) is 0 Å². The predicted octanol–water partition coefficient (Wildman–Crippen LogP) is 2.36. The van der Waals surface area contributed by atoms with Gasteiger partial charge in [-0.1, -0.05) is 6.92 Å². The van der Waals surface area contributed by atoms with E-state index >= 15 is 0 Å². The van der Waals surface area contributed by atoms with E-state index in [1.165, 1.54) is 22.2 Å². The molecule has 6 nitrogen and oxygen atoms in total. The Balaban J connectivity index is 2.32. The number of carbonyl (C=O) groups is 1. The molecule has 0 radical (unpaired) electrons. The molecule has 7 heteroatoms. The molecule has 0 saturated carbocycles. The van der Waals surface area contributed by atoms with Crippen LogP contribution < -0.4 is 5.56 Å². The van der Waals surface area contributed by atoms with Crippen molar-refractivity contribution in [3.05, 3.63) is 40.0 Å². The van der Waals surface area contributed by atoms with Gasteiger partial charge in [0.15, 0.2) is 0 Å². The molecule has 0 aliphatic carbocycles. The molecule has 0 bridgehead atoms. The van der Waals surface area contributed by atoms with E-state index in [0.29, 0.717) is 33.8 Å². The lowest BCUT2D eigenvalue weighted by molar-refractivity contribution is -0.137. The average Bonchev–Trinajstić information content (AvgIpc) is 3.09. The van der Waals surface area contributed by atoms with E-state index in [-0.39, 0.29) is 5.56 Å². The number of hydrogen-bond donors (Lipinski definition) is 1. The Morgan fingerprint density at radius 1 is 1.52 bits per heavy atom. The molecular weight excluding hydrogens is 292 g/mol. The van der Waals surface area contributed by atoms with Crippen LogP contribution in [0.3, 0.4) is 0 Å². The molecular formula is C14H12N2O4S. The van der Waals surface area contributed by atoms with E-state index in [1.807, 2.05) is 12.3 Å². The van der Waals surface area contributed by atoms with Crippen molar-refractivity contribution in [3.63, 3.8) is 0 Å². The van der Waals surface area contributed by atoms with Crippen molar-refractivity contribution < 1.29 is 14.3 Å². The summed E-state index contributed by atoms with van der Waals surface area (Å²) in [7, 11) is 0. The zero-order valence-electron chi connectivity index (χ0n) is 11.2. The van der Waals surface area contributed by atoms with Crippen LogP contribution in [0.2, 0.25) is 0 Å². The number of hydrogen-bond acceptors (Lipinski definition) is 5. The van der Waals surface area contributed by atoms with Gasteiger partial charge in [0.1, 0.15) is 23.0 Å². The lowest BCUT2D eigenvalue weighted by Crippen LogP contribution is -2.28. The molecule has 3 heterocycles. The third-order valence-corrected chi connectivity index (χ3v) is 4.04. The first-order valence-corrected chi connectivity index (χ1v) is 7.26. The third kappa shape index (κ3) is 2.25. The highest BCUT2D eigenvalue weighted by Gasteiger charge is 2.18. The molecule has 0 amide bonds. The number of thiophene rings is 1. The molecule has 108 valence electrons. The fourth-order valence-electron chi connectivity index (χ4n) is 2.25. The summed E-state index contributed by atoms with van der Waals surface area (Å²) in [6.45, 7) is 1.45. The van der Waals surface area contributed by atoms with Gasteiger partial charge in [0.25, 0.3) is 5.56 Å². The quantitative estimate of drug-likeness (QED) is 0.799. The summed E-state index contributed by atoms with van der Waals surface area (Å²) in [6.07, 6.45) is 2.02. The van der Waals surface area contributed by atoms with Crippen LogP contribution in [0, 0.1) is 0 Å².